The summed E-state index contributed by atoms with van der Waals surface area (Å²) in [5.74, 6) is 0. The third-order valence-corrected chi connectivity index (χ3v) is 1.47. The molecule has 11 heavy (non-hydrogen) atoms. The Bertz CT molecular complexity index is 219. The zero-order chi connectivity index (χ0) is 7.94. The van der Waals surface area contributed by atoms with Crippen LogP contribution in [0.15, 0.2) is 40.9 Å². The van der Waals surface area contributed by atoms with Crippen molar-refractivity contribution in [1.29, 1.82) is 0 Å². The molecule has 0 aromatic carbocycles. The van der Waals surface area contributed by atoms with E-state index in [0.29, 0.717) is 0 Å². The first-order valence-corrected chi connectivity index (χ1v) is 3.89. The van der Waals surface area contributed by atoms with Gasteiger partial charge in [0, 0.05) is 12.8 Å². The number of rotatable bonds is 0. The monoisotopic (exact) mass is 147 g/mol. The van der Waals surface area contributed by atoms with Crippen LogP contribution in [0.1, 0.15) is 13.3 Å². The van der Waals surface area contributed by atoms with Crippen LogP contribution in [0.5, 0.6) is 0 Å². The molecule has 0 aromatic rings. The molecular formula is C10H13N. The van der Waals surface area contributed by atoms with E-state index in [1.54, 1.807) is 0 Å². The van der Waals surface area contributed by atoms with Gasteiger partial charge in [0.15, 0.2) is 0 Å². The highest BCUT2D eigenvalue weighted by Crippen LogP contribution is 1.97. The molecule has 0 atom stereocenters. The fourth-order valence-electron chi connectivity index (χ4n) is 0.851. The van der Waals surface area contributed by atoms with Crippen molar-refractivity contribution >= 4 is 6.21 Å². The average molecular weight is 147 g/mol. The van der Waals surface area contributed by atoms with Crippen LogP contribution in [0.25, 0.3) is 0 Å². The summed E-state index contributed by atoms with van der Waals surface area (Å²) in [6, 6.07) is 0. The number of nitrogens with zero attached hydrogens (tertiary/aromatic N) is 1. The van der Waals surface area contributed by atoms with E-state index in [2.05, 4.69) is 36.2 Å². The Morgan fingerprint density at radius 3 is 3.18 bits per heavy atom. The first kappa shape index (κ1) is 7.99. The fraction of sp³-hybridized carbons (Fsp3) is 0.300. The van der Waals surface area contributed by atoms with E-state index >= 15 is 0 Å². The van der Waals surface area contributed by atoms with Crippen molar-refractivity contribution in [3.63, 3.8) is 0 Å². The quantitative estimate of drug-likeness (QED) is 0.499. The maximum atomic E-state index is 4.18. The van der Waals surface area contributed by atoms with E-state index < -0.39 is 0 Å². The molecule has 1 nitrogen and oxygen atoms in total. The Morgan fingerprint density at radius 2 is 2.27 bits per heavy atom. The predicted molar refractivity (Wildman–Crippen MR) is 50.0 cm³/mol. The molecule has 0 saturated carbocycles. The van der Waals surface area contributed by atoms with Crippen molar-refractivity contribution in [2.75, 3.05) is 6.54 Å². The molecule has 0 aliphatic carbocycles. The molecular weight excluding hydrogens is 134 g/mol. The molecule has 1 heterocycles. The molecule has 1 aliphatic rings. The van der Waals surface area contributed by atoms with Gasteiger partial charge in [-0.2, -0.15) is 0 Å². The zero-order valence-electron chi connectivity index (χ0n) is 6.83. The smallest absolute Gasteiger partial charge is 0.0423 e. The van der Waals surface area contributed by atoms with Gasteiger partial charge in [-0.15, -0.1) is 0 Å². The second kappa shape index (κ2) is 4.67. The van der Waals surface area contributed by atoms with Crippen molar-refractivity contribution in [3.8, 4) is 0 Å². The number of aliphatic imine (C=N–C) groups is 1. The van der Waals surface area contributed by atoms with Gasteiger partial charge in [-0.05, 0) is 19.4 Å². The molecule has 0 radical (unpaired) electrons. The van der Waals surface area contributed by atoms with Gasteiger partial charge < -0.3 is 0 Å². The summed E-state index contributed by atoms with van der Waals surface area (Å²) in [5, 5.41) is 0. The van der Waals surface area contributed by atoms with Crippen molar-refractivity contribution < 1.29 is 0 Å². The van der Waals surface area contributed by atoms with Crippen molar-refractivity contribution in [2.24, 2.45) is 4.99 Å². The second-order valence-electron chi connectivity index (χ2n) is 2.54. The topological polar surface area (TPSA) is 12.4 Å². The summed E-state index contributed by atoms with van der Waals surface area (Å²) in [6.07, 6.45) is 13.3. The van der Waals surface area contributed by atoms with Gasteiger partial charge in [-0.25, -0.2) is 0 Å². The van der Waals surface area contributed by atoms with E-state index in [1.165, 1.54) is 5.57 Å². The van der Waals surface area contributed by atoms with Gasteiger partial charge in [0.1, 0.15) is 0 Å². The highest BCUT2D eigenvalue weighted by Gasteiger charge is 1.80. The zero-order valence-corrected chi connectivity index (χ0v) is 6.83. The van der Waals surface area contributed by atoms with Crippen LogP contribution >= 0.6 is 0 Å². The minimum absolute atomic E-state index is 0.897. The molecule has 0 N–H and O–H groups in total. The van der Waals surface area contributed by atoms with Crippen LogP contribution in [-0.2, 0) is 0 Å². The molecule has 0 spiro atoms. The standard InChI is InChI=1S/C10H13N/c1-10-6-3-2-4-8-11-9-5-7-10/h2-3,5-7,9H,4,8H2,1H3/b3-2-,7-5?,10-6?,11-9?. The Kier molecular flexibility index (Phi) is 3.39. The van der Waals surface area contributed by atoms with Crippen molar-refractivity contribution in [3.05, 3.63) is 36.0 Å². The summed E-state index contributed by atoms with van der Waals surface area (Å²) in [7, 11) is 0. The largest absolute Gasteiger partial charge is 0.293 e. The molecule has 1 heteroatoms. The Labute approximate surface area is 67.8 Å². The molecule has 0 amide bonds. The second-order valence-corrected chi connectivity index (χ2v) is 2.54. The lowest BCUT2D eigenvalue weighted by Gasteiger charge is -1.90. The van der Waals surface area contributed by atoms with Gasteiger partial charge in [0.2, 0.25) is 0 Å². The van der Waals surface area contributed by atoms with Gasteiger partial charge in [0.25, 0.3) is 0 Å². The van der Waals surface area contributed by atoms with Gasteiger partial charge in [-0.3, -0.25) is 4.99 Å². The third kappa shape index (κ3) is 3.56. The average Bonchev–Trinajstić information content (AvgIpc) is 2.03. The number of allylic oxidation sites excluding steroid dienone is 5. The Hall–Kier alpha value is -1.11. The van der Waals surface area contributed by atoms with E-state index in [4.69, 9.17) is 0 Å². The van der Waals surface area contributed by atoms with E-state index in [-0.39, 0.29) is 0 Å². The minimum Gasteiger partial charge on any atom is -0.293 e. The maximum absolute atomic E-state index is 4.18. The highest BCUT2D eigenvalue weighted by atomic mass is 14.7. The first-order valence-electron chi connectivity index (χ1n) is 3.89. The molecule has 0 fully saturated rings. The highest BCUT2D eigenvalue weighted by molar-refractivity contribution is 5.71. The first-order chi connectivity index (χ1) is 5.39. The third-order valence-electron chi connectivity index (χ3n) is 1.47. The lowest BCUT2D eigenvalue weighted by molar-refractivity contribution is 1.01. The van der Waals surface area contributed by atoms with E-state index in [9.17, 15) is 0 Å². The molecule has 0 unspecified atom stereocenters. The van der Waals surface area contributed by atoms with Crippen molar-refractivity contribution in [1.82, 2.24) is 0 Å². The summed E-state index contributed by atoms with van der Waals surface area (Å²) in [6.45, 7) is 2.98. The Morgan fingerprint density at radius 1 is 1.36 bits per heavy atom. The maximum Gasteiger partial charge on any atom is 0.0423 e. The molecule has 0 bridgehead atoms. The number of hydrogen-bond acceptors (Lipinski definition) is 1. The van der Waals surface area contributed by atoms with E-state index in [1.807, 2.05) is 12.3 Å². The summed E-state index contributed by atoms with van der Waals surface area (Å²) < 4.78 is 0. The van der Waals surface area contributed by atoms with Crippen molar-refractivity contribution in [2.45, 2.75) is 13.3 Å². The minimum atomic E-state index is 0.897. The van der Waals surface area contributed by atoms with Gasteiger partial charge >= 0.3 is 0 Å². The van der Waals surface area contributed by atoms with Crippen LogP contribution in [0.4, 0.5) is 0 Å². The molecule has 0 saturated heterocycles. The molecule has 1 rings (SSSR count). The SMILES string of the molecule is CC1=C/C=C\CCN=CC=C1. The molecule has 58 valence electrons. The summed E-state index contributed by atoms with van der Waals surface area (Å²) in [5.41, 5.74) is 1.26. The van der Waals surface area contributed by atoms with Crippen LogP contribution < -0.4 is 0 Å². The van der Waals surface area contributed by atoms with Crippen LogP contribution in [-0.4, -0.2) is 12.8 Å². The van der Waals surface area contributed by atoms with Gasteiger partial charge in [0.05, 0.1) is 0 Å². The lowest BCUT2D eigenvalue weighted by atomic mass is 10.2. The Balaban J connectivity index is 2.67. The lowest BCUT2D eigenvalue weighted by Crippen LogP contribution is -1.79. The normalized spacial score (nSPS) is 21.0. The number of hydrogen-bond donors (Lipinski definition) is 0. The van der Waals surface area contributed by atoms with E-state index in [0.717, 1.165) is 13.0 Å². The van der Waals surface area contributed by atoms with Crippen LogP contribution in [0.3, 0.4) is 0 Å². The van der Waals surface area contributed by atoms with Gasteiger partial charge in [-0.1, -0.05) is 29.9 Å². The molecule has 0 aromatic heterocycles. The summed E-state index contributed by atoms with van der Waals surface area (Å²) >= 11 is 0. The van der Waals surface area contributed by atoms with Crippen LogP contribution in [0, 0.1) is 0 Å². The fourth-order valence-corrected chi connectivity index (χ4v) is 0.851. The summed E-state index contributed by atoms with van der Waals surface area (Å²) in [4.78, 5) is 4.18. The predicted octanol–water partition coefficient (Wildman–Crippen LogP) is 2.52. The molecule has 1 aliphatic heterocycles. The van der Waals surface area contributed by atoms with Crippen LogP contribution in [0.2, 0.25) is 0 Å².